The second-order valence-electron chi connectivity index (χ2n) is 4.87. The monoisotopic (exact) mass is 225 g/mol. The second kappa shape index (κ2) is 3.45. The third kappa shape index (κ3) is 1.42. The highest BCUT2D eigenvalue weighted by atomic mass is 16.5. The molecule has 3 unspecified atom stereocenters. The van der Waals surface area contributed by atoms with Crippen molar-refractivity contribution in [3.63, 3.8) is 0 Å². The van der Waals surface area contributed by atoms with E-state index in [1.807, 2.05) is 0 Å². The normalized spacial score (nSPS) is 37.5. The molecule has 0 aromatic rings. The SMILES string of the molecule is O=C(O)C1CC2OCCC2N1C(=O)C1CC1. The van der Waals surface area contributed by atoms with Crippen molar-refractivity contribution in [1.82, 2.24) is 4.90 Å². The number of aliphatic carboxylic acids is 1. The van der Waals surface area contributed by atoms with E-state index < -0.39 is 12.0 Å². The predicted molar refractivity (Wildman–Crippen MR) is 53.8 cm³/mol. The topological polar surface area (TPSA) is 66.8 Å². The van der Waals surface area contributed by atoms with Crippen molar-refractivity contribution in [3.8, 4) is 0 Å². The number of carboxylic acid groups (broad SMARTS) is 1. The van der Waals surface area contributed by atoms with Crippen molar-refractivity contribution in [1.29, 1.82) is 0 Å². The van der Waals surface area contributed by atoms with Crippen molar-refractivity contribution in [2.45, 2.75) is 43.9 Å². The van der Waals surface area contributed by atoms with Crippen molar-refractivity contribution < 1.29 is 19.4 Å². The Labute approximate surface area is 93.4 Å². The number of carbonyl (C=O) groups is 2. The predicted octanol–water partition coefficient (Wildman–Crippen LogP) is 0.239. The zero-order valence-electron chi connectivity index (χ0n) is 8.96. The molecule has 2 aliphatic heterocycles. The quantitative estimate of drug-likeness (QED) is 0.731. The van der Waals surface area contributed by atoms with Crippen LogP contribution in [0.2, 0.25) is 0 Å². The third-order valence-electron chi connectivity index (χ3n) is 3.79. The van der Waals surface area contributed by atoms with Crippen LogP contribution in [0.15, 0.2) is 0 Å². The summed E-state index contributed by atoms with van der Waals surface area (Å²) in [7, 11) is 0. The zero-order chi connectivity index (χ0) is 11.3. The summed E-state index contributed by atoms with van der Waals surface area (Å²) in [5.74, 6) is -0.779. The lowest BCUT2D eigenvalue weighted by Gasteiger charge is -2.26. The summed E-state index contributed by atoms with van der Waals surface area (Å²) in [5.41, 5.74) is 0. The van der Waals surface area contributed by atoms with E-state index in [9.17, 15) is 9.59 Å². The highest BCUT2D eigenvalue weighted by molar-refractivity contribution is 5.87. The van der Waals surface area contributed by atoms with Crippen LogP contribution in [-0.4, -0.2) is 46.7 Å². The molecule has 0 spiro atoms. The first-order chi connectivity index (χ1) is 7.68. The maximum absolute atomic E-state index is 12.1. The number of amides is 1. The van der Waals surface area contributed by atoms with E-state index in [1.54, 1.807) is 4.90 Å². The molecule has 88 valence electrons. The Hall–Kier alpha value is -1.10. The molecule has 5 nitrogen and oxygen atoms in total. The van der Waals surface area contributed by atoms with Gasteiger partial charge in [-0.15, -0.1) is 0 Å². The van der Waals surface area contributed by atoms with Crippen molar-refractivity contribution in [3.05, 3.63) is 0 Å². The van der Waals surface area contributed by atoms with Crippen LogP contribution in [-0.2, 0) is 14.3 Å². The summed E-state index contributed by atoms with van der Waals surface area (Å²) in [6.07, 6.45) is 3.02. The number of hydrogen-bond donors (Lipinski definition) is 1. The van der Waals surface area contributed by atoms with Crippen LogP contribution < -0.4 is 0 Å². The summed E-state index contributed by atoms with van der Waals surface area (Å²) >= 11 is 0. The van der Waals surface area contributed by atoms with E-state index >= 15 is 0 Å². The lowest BCUT2D eigenvalue weighted by atomic mass is 10.1. The lowest BCUT2D eigenvalue weighted by Crippen LogP contribution is -2.46. The van der Waals surface area contributed by atoms with Gasteiger partial charge in [-0.05, 0) is 19.3 Å². The first-order valence-electron chi connectivity index (χ1n) is 5.85. The summed E-state index contributed by atoms with van der Waals surface area (Å²) in [4.78, 5) is 24.8. The standard InChI is InChI=1S/C11H15NO4/c13-10(6-1-2-6)12-7-3-4-16-9(7)5-8(12)11(14)15/h6-9H,1-5H2,(H,14,15). The molecule has 5 heteroatoms. The Morgan fingerprint density at radius 1 is 1.25 bits per heavy atom. The van der Waals surface area contributed by atoms with Crippen LogP contribution in [0.5, 0.6) is 0 Å². The molecule has 3 aliphatic rings. The smallest absolute Gasteiger partial charge is 0.326 e. The highest BCUT2D eigenvalue weighted by Crippen LogP contribution is 2.39. The van der Waals surface area contributed by atoms with Gasteiger partial charge in [-0.1, -0.05) is 0 Å². The van der Waals surface area contributed by atoms with E-state index in [1.165, 1.54) is 0 Å². The minimum absolute atomic E-state index is 0.00852. The van der Waals surface area contributed by atoms with Gasteiger partial charge in [0.1, 0.15) is 6.04 Å². The van der Waals surface area contributed by atoms with Gasteiger partial charge in [-0.3, -0.25) is 4.79 Å². The van der Waals surface area contributed by atoms with E-state index in [4.69, 9.17) is 9.84 Å². The van der Waals surface area contributed by atoms with Crippen molar-refractivity contribution in [2.75, 3.05) is 6.61 Å². The van der Waals surface area contributed by atoms with Crippen LogP contribution in [0.25, 0.3) is 0 Å². The van der Waals surface area contributed by atoms with Gasteiger partial charge < -0.3 is 14.7 Å². The average Bonchev–Trinajstić information content (AvgIpc) is 2.87. The van der Waals surface area contributed by atoms with Crippen molar-refractivity contribution >= 4 is 11.9 Å². The van der Waals surface area contributed by atoms with E-state index in [0.29, 0.717) is 13.0 Å². The minimum Gasteiger partial charge on any atom is -0.480 e. The fraction of sp³-hybridized carbons (Fsp3) is 0.818. The van der Waals surface area contributed by atoms with E-state index in [0.717, 1.165) is 19.3 Å². The second-order valence-corrected chi connectivity index (χ2v) is 4.87. The summed E-state index contributed by atoms with van der Waals surface area (Å²) in [5, 5.41) is 9.14. The number of carboxylic acids is 1. The minimum atomic E-state index is -0.896. The molecule has 16 heavy (non-hydrogen) atoms. The molecule has 1 saturated carbocycles. The molecule has 3 fully saturated rings. The molecular formula is C11H15NO4. The number of likely N-dealkylation sites (tertiary alicyclic amines) is 1. The first kappa shape index (κ1) is 10.1. The van der Waals surface area contributed by atoms with Crippen LogP contribution in [0.1, 0.15) is 25.7 Å². The lowest BCUT2D eigenvalue weighted by molar-refractivity contribution is -0.150. The molecule has 0 radical (unpaired) electrons. The highest BCUT2D eigenvalue weighted by Gasteiger charge is 2.52. The van der Waals surface area contributed by atoms with E-state index in [2.05, 4.69) is 0 Å². The molecule has 0 bridgehead atoms. The zero-order valence-corrected chi connectivity index (χ0v) is 8.96. The van der Waals surface area contributed by atoms with Crippen LogP contribution in [0.3, 0.4) is 0 Å². The van der Waals surface area contributed by atoms with E-state index in [-0.39, 0.29) is 24.0 Å². The molecule has 0 aromatic carbocycles. The Morgan fingerprint density at radius 2 is 2.00 bits per heavy atom. The molecule has 3 atom stereocenters. The van der Waals surface area contributed by atoms with Gasteiger partial charge in [0.25, 0.3) is 0 Å². The number of carbonyl (C=O) groups excluding carboxylic acids is 1. The molecule has 1 N–H and O–H groups in total. The van der Waals surface area contributed by atoms with Gasteiger partial charge >= 0.3 is 5.97 Å². The molecule has 2 heterocycles. The summed E-state index contributed by atoms with van der Waals surface area (Å²) in [6, 6.07) is -0.655. The Balaban J connectivity index is 1.84. The number of ether oxygens (including phenoxy) is 1. The Kier molecular flexibility index (Phi) is 2.17. The summed E-state index contributed by atoms with van der Waals surface area (Å²) < 4.78 is 5.48. The molecule has 1 amide bonds. The van der Waals surface area contributed by atoms with Crippen LogP contribution in [0.4, 0.5) is 0 Å². The van der Waals surface area contributed by atoms with Gasteiger partial charge in [0.15, 0.2) is 0 Å². The van der Waals surface area contributed by atoms with Gasteiger partial charge in [0, 0.05) is 18.9 Å². The van der Waals surface area contributed by atoms with Gasteiger partial charge in [0.2, 0.25) is 5.91 Å². The van der Waals surface area contributed by atoms with Gasteiger partial charge in [-0.2, -0.15) is 0 Å². The fourth-order valence-electron chi connectivity index (χ4n) is 2.82. The van der Waals surface area contributed by atoms with Gasteiger partial charge in [0.05, 0.1) is 12.1 Å². The average molecular weight is 225 g/mol. The molecule has 0 aromatic heterocycles. The van der Waals surface area contributed by atoms with Crippen molar-refractivity contribution in [2.24, 2.45) is 5.92 Å². The molecular weight excluding hydrogens is 210 g/mol. The first-order valence-corrected chi connectivity index (χ1v) is 5.85. The summed E-state index contributed by atoms with van der Waals surface area (Å²) in [6.45, 7) is 0.649. The maximum Gasteiger partial charge on any atom is 0.326 e. The maximum atomic E-state index is 12.1. The number of hydrogen-bond acceptors (Lipinski definition) is 3. The number of fused-ring (bicyclic) bond motifs is 1. The molecule has 2 saturated heterocycles. The largest absolute Gasteiger partial charge is 0.480 e. The number of nitrogens with zero attached hydrogens (tertiary/aromatic N) is 1. The Morgan fingerprint density at radius 3 is 2.62 bits per heavy atom. The third-order valence-corrected chi connectivity index (χ3v) is 3.79. The van der Waals surface area contributed by atoms with Crippen LogP contribution in [0, 0.1) is 5.92 Å². The molecule has 1 aliphatic carbocycles. The Bertz CT molecular complexity index is 339. The van der Waals surface area contributed by atoms with Gasteiger partial charge in [-0.25, -0.2) is 4.79 Å². The van der Waals surface area contributed by atoms with Crippen LogP contribution >= 0.6 is 0 Å². The fourth-order valence-corrected chi connectivity index (χ4v) is 2.82. The molecule has 3 rings (SSSR count). The number of rotatable bonds is 2.